The van der Waals surface area contributed by atoms with E-state index in [2.05, 4.69) is 21.2 Å². The van der Waals surface area contributed by atoms with Crippen LogP contribution in [-0.2, 0) is 4.79 Å². The van der Waals surface area contributed by atoms with Gasteiger partial charge in [-0.15, -0.1) is 0 Å². The molecule has 30 heavy (non-hydrogen) atoms. The second-order valence-corrected chi connectivity index (χ2v) is 7.36. The molecule has 3 rings (SSSR count). The van der Waals surface area contributed by atoms with Crippen molar-refractivity contribution >= 4 is 51.2 Å². The minimum absolute atomic E-state index is 0.0760. The maximum absolute atomic E-state index is 12.3. The first-order valence-electron chi connectivity index (χ1n) is 8.72. The van der Waals surface area contributed by atoms with Crippen molar-refractivity contribution in [2.45, 2.75) is 0 Å². The van der Waals surface area contributed by atoms with Crippen molar-refractivity contribution in [1.29, 1.82) is 5.26 Å². The zero-order chi connectivity index (χ0) is 21.5. The van der Waals surface area contributed by atoms with E-state index in [4.69, 9.17) is 16.3 Å². The number of hydrogen-bond donors (Lipinski definition) is 1. The summed E-state index contributed by atoms with van der Waals surface area (Å²) >= 11 is 9.21. The van der Waals surface area contributed by atoms with E-state index < -0.39 is 11.9 Å². The molecule has 0 saturated heterocycles. The van der Waals surface area contributed by atoms with E-state index in [1.165, 1.54) is 6.08 Å². The SMILES string of the molecule is N#C/C(=C\c1ccc(OC(=O)c2ccccc2Br)cc1)C(=O)Nc1cccc(Cl)c1. The Labute approximate surface area is 186 Å². The molecule has 1 N–H and O–H groups in total. The number of ether oxygens (including phenoxy) is 1. The highest BCUT2D eigenvalue weighted by Gasteiger charge is 2.12. The van der Waals surface area contributed by atoms with Gasteiger partial charge in [0.05, 0.1) is 5.56 Å². The predicted octanol–water partition coefficient (Wildman–Crippen LogP) is 5.87. The lowest BCUT2D eigenvalue weighted by Gasteiger charge is -2.07. The molecular formula is C23H14BrClN2O3. The van der Waals surface area contributed by atoms with Crippen molar-refractivity contribution in [2.24, 2.45) is 0 Å². The third kappa shape index (κ3) is 5.57. The molecule has 0 aliphatic rings. The molecule has 0 heterocycles. The van der Waals surface area contributed by atoms with Crippen LogP contribution in [-0.4, -0.2) is 11.9 Å². The number of nitriles is 1. The molecule has 7 heteroatoms. The van der Waals surface area contributed by atoms with Crippen molar-refractivity contribution in [1.82, 2.24) is 0 Å². The molecule has 0 atom stereocenters. The largest absolute Gasteiger partial charge is 0.423 e. The summed E-state index contributed by atoms with van der Waals surface area (Å²) in [5, 5.41) is 12.4. The molecule has 0 radical (unpaired) electrons. The van der Waals surface area contributed by atoms with E-state index in [0.29, 0.717) is 32.1 Å². The summed E-state index contributed by atoms with van der Waals surface area (Å²) in [6, 6.07) is 21.9. The number of anilines is 1. The molecular weight excluding hydrogens is 468 g/mol. The van der Waals surface area contributed by atoms with Crippen LogP contribution < -0.4 is 10.1 Å². The fourth-order valence-corrected chi connectivity index (χ4v) is 3.14. The minimum atomic E-state index is -0.552. The van der Waals surface area contributed by atoms with Crippen molar-refractivity contribution in [2.75, 3.05) is 5.32 Å². The van der Waals surface area contributed by atoms with Gasteiger partial charge in [-0.25, -0.2) is 4.79 Å². The second-order valence-electron chi connectivity index (χ2n) is 6.07. The summed E-state index contributed by atoms with van der Waals surface area (Å²) in [6.07, 6.45) is 1.44. The van der Waals surface area contributed by atoms with E-state index in [1.807, 2.05) is 6.07 Å². The minimum Gasteiger partial charge on any atom is -0.423 e. The van der Waals surface area contributed by atoms with Crippen LogP contribution in [0, 0.1) is 11.3 Å². The first-order chi connectivity index (χ1) is 14.5. The average molecular weight is 482 g/mol. The fraction of sp³-hybridized carbons (Fsp3) is 0. The van der Waals surface area contributed by atoms with Crippen LogP contribution in [0.1, 0.15) is 15.9 Å². The van der Waals surface area contributed by atoms with Crippen LogP contribution in [0.25, 0.3) is 6.08 Å². The van der Waals surface area contributed by atoms with Crippen LogP contribution in [0.2, 0.25) is 5.02 Å². The van der Waals surface area contributed by atoms with Crippen molar-refractivity contribution in [3.05, 3.63) is 99.0 Å². The van der Waals surface area contributed by atoms with Gasteiger partial charge in [0.25, 0.3) is 5.91 Å². The fourth-order valence-electron chi connectivity index (χ4n) is 2.50. The Bertz CT molecular complexity index is 1170. The van der Waals surface area contributed by atoms with Crippen molar-refractivity contribution in [3.63, 3.8) is 0 Å². The van der Waals surface area contributed by atoms with Gasteiger partial charge >= 0.3 is 5.97 Å². The van der Waals surface area contributed by atoms with Gasteiger partial charge in [0.2, 0.25) is 0 Å². The van der Waals surface area contributed by atoms with Crippen LogP contribution in [0.15, 0.2) is 82.8 Å². The first kappa shape index (κ1) is 21.3. The molecule has 0 aliphatic heterocycles. The lowest BCUT2D eigenvalue weighted by Crippen LogP contribution is -2.13. The van der Waals surface area contributed by atoms with Crippen LogP contribution in [0.3, 0.4) is 0 Å². The predicted molar refractivity (Wildman–Crippen MR) is 119 cm³/mol. The van der Waals surface area contributed by atoms with E-state index in [0.717, 1.165) is 0 Å². The average Bonchev–Trinajstić information content (AvgIpc) is 2.73. The monoisotopic (exact) mass is 480 g/mol. The van der Waals surface area contributed by atoms with Gasteiger partial charge < -0.3 is 10.1 Å². The molecule has 3 aromatic carbocycles. The van der Waals surface area contributed by atoms with Gasteiger partial charge in [0, 0.05) is 15.2 Å². The van der Waals surface area contributed by atoms with Crippen LogP contribution >= 0.6 is 27.5 Å². The van der Waals surface area contributed by atoms with Gasteiger partial charge in [-0.05, 0) is 70.0 Å². The standard InChI is InChI=1S/C23H14BrClN2O3/c24-21-7-2-1-6-20(21)23(29)30-19-10-8-15(9-11-19)12-16(14-26)22(28)27-18-5-3-4-17(25)13-18/h1-13H,(H,27,28)/b16-12+. The lowest BCUT2D eigenvalue weighted by atomic mass is 10.1. The molecule has 0 saturated carbocycles. The summed E-state index contributed by atoms with van der Waals surface area (Å²) in [7, 11) is 0. The normalized spacial score (nSPS) is 10.8. The summed E-state index contributed by atoms with van der Waals surface area (Å²) in [6.45, 7) is 0. The molecule has 0 unspecified atom stereocenters. The second kappa shape index (κ2) is 9.88. The van der Waals surface area contributed by atoms with Crippen LogP contribution in [0.4, 0.5) is 5.69 Å². The van der Waals surface area contributed by atoms with E-state index >= 15 is 0 Å². The number of carbonyl (C=O) groups is 2. The van der Waals surface area contributed by atoms with Gasteiger partial charge in [-0.2, -0.15) is 5.26 Å². The van der Waals surface area contributed by atoms with Gasteiger partial charge in [0.1, 0.15) is 17.4 Å². The summed E-state index contributed by atoms with van der Waals surface area (Å²) in [5.74, 6) is -0.705. The number of nitrogens with one attached hydrogen (secondary N) is 1. The third-order valence-corrected chi connectivity index (χ3v) is 4.87. The van der Waals surface area contributed by atoms with Gasteiger partial charge in [-0.3, -0.25) is 4.79 Å². The van der Waals surface area contributed by atoms with E-state index in [9.17, 15) is 14.9 Å². The Hall–Kier alpha value is -3.40. The summed E-state index contributed by atoms with van der Waals surface area (Å²) in [4.78, 5) is 24.6. The number of nitrogens with zero attached hydrogens (tertiary/aromatic N) is 1. The van der Waals surface area contributed by atoms with E-state index in [-0.39, 0.29) is 5.57 Å². The Kier molecular flexibility index (Phi) is 7.02. The quantitative estimate of drug-likeness (QED) is 0.214. The summed E-state index contributed by atoms with van der Waals surface area (Å²) < 4.78 is 6.00. The smallest absolute Gasteiger partial charge is 0.344 e. The highest BCUT2D eigenvalue weighted by Crippen LogP contribution is 2.21. The zero-order valence-corrected chi connectivity index (χ0v) is 17.8. The maximum atomic E-state index is 12.3. The number of rotatable bonds is 5. The lowest BCUT2D eigenvalue weighted by molar-refractivity contribution is -0.112. The molecule has 5 nitrogen and oxygen atoms in total. The molecule has 0 bridgehead atoms. The number of hydrogen-bond acceptors (Lipinski definition) is 4. The van der Waals surface area contributed by atoms with Gasteiger partial charge in [-0.1, -0.05) is 41.9 Å². The molecule has 0 aliphatic carbocycles. The Morgan fingerprint density at radius 3 is 2.43 bits per heavy atom. The number of halogens is 2. The molecule has 0 fully saturated rings. The molecule has 148 valence electrons. The number of benzene rings is 3. The van der Waals surface area contributed by atoms with Crippen molar-refractivity contribution in [3.8, 4) is 11.8 Å². The first-order valence-corrected chi connectivity index (χ1v) is 9.89. The van der Waals surface area contributed by atoms with Gasteiger partial charge in [0.15, 0.2) is 0 Å². The molecule has 0 spiro atoms. The topological polar surface area (TPSA) is 79.2 Å². The summed E-state index contributed by atoms with van der Waals surface area (Å²) in [5.41, 5.74) is 1.43. The number of carbonyl (C=O) groups excluding carboxylic acids is 2. The maximum Gasteiger partial charge on any atom is 0.344 e. The number of amides is 1. The molecule has 1 amide bonds. The van der Waals surface area contributed by atoms with Crippen LogP contribution in [0.5, 0.6) is 5.75 Å². The Morgan fingerprint density at radius 1 is 1.03 bits per heavy atom. The number of esters is 1. The van der Waals surface area contributed by atoms with E-state index in [1.54, 1.807) is 72.8 Å². The Balaban J connectivity index is 1.70. The highest BCUT2D eigenvalue weighted by atomic mass is 79.9. The highest BCUT2D eigenvalue weighted by molar-refractivity contribution is 9.10. The Morgan fingerprint density at radius 2 is 1.77 bits per heavy atom. The third-order valence-electron chi connectivity index (χ3n) is 3.94. The van der Waals surface area contributed by atoms with Crippen molar-refractivity contribution < 1.29 is 14.3 Å². The zero-order valence-electron chi connectivity index (χ0n) is 15.4. The molecule has 3 aromatic rings. The molecule has 0 aromatic heterocycles.